The van der Waals surface area contributed by atoms with Crippen LogP contribution in [0.5, 0.6) is 5.75 Å². The maximum atomic E-state index is 12.1. The van der Waals surface area contributed by atoms with Gasteiger partial charge in [-0.2, -0.15) is 0 Å². The summed E-state index contributed by atoms with van der Waals surface area (Å²) in [6.07, 6.45) is 3.90. The Morgan fingerprint density at radius 2 is 1.87 bits per heavy atom. The molecule has 0 aliphatic carbocycles. The number of nitro groups is 1. The fourth-order valence-electron chi connectivity index (χ4n) is 2.00. The lowest BCUT2D eigenvalue weighted by Crippen LogP contribution is -2.00. The van der Waals surface area contributed by atoms with Crippen molar-refractivity contribution in [1.29, 1.82) is 0 Å². The summed E-state index contributed by atoms with van der Waals surface area (Å²) in [7, 11) is 0. The molecule has 118 valence electrons. The average Bonchev–Trinajstić information content (AvgIpc) is 2.58. The van der Waals surface area contributed by atoms with Crippen molar-refractivity contribution >= 4 is 17.5 Å². The summed E-state index contributed by atoms with van der Waals surface area (Å²) < 4.78 is 5.48. The van der Waals surface area contributed by atoms with Crippen LogP contribution in [-0.2, 0) is 0 Å². The topological polar surface area (TPSA) is 69.4 Å². The van der Waals surface area contributed by atoms with Crippen molar-refractivity contribution in [3.8, 4) is 5.75 Å². The maximum absolute atomic E-state index is 12.1. The van der Waals surface area contributed by atoms with Gasteiger partial charge in [0.05, 0.1) is 17.1 Å². The van der Waals surface area contributed by atoms with E-state index in [1.54, 1.807) is 12.1 Å². The first-order valence-corrected chi connectivity index (χ1v) is 7.30. The highest BCUT2D eigenvalue weighted by Gasteiger charge is 2.16. The number of carbonyl (C=O) groups is 1. The zero-order valence-electron chi connectivity index (χ0n) is 12.8. The number of para-hydroxylation sites is 1. The van der Waals surface area contributed by atoms with Gasteiger partial charge >= 0.3 is 0 Å². The van der Waals surface area contributed by atoms with Crippen molar-refractivity contribution in [2.24, 2.45) is 0 Å². The first kappa shape index (κ1) is 16.4. The van der Waals surface area contributed by atoms with E-state index in [2.05, 4.69) is 0 Å². The zero-order chi connectivity index (χ0) is 16.7. The minimum Gasteiger partial charge on any atom is -0.494 e. The largest absolute Gasteiger partial charge is 0.494 e. The lowest BCUT2D eigenvalue weighted by Gasteiger charge is -2.04. The van der Waals surface area contributed by atoms with Crippen molar-refractivity contribution in [1.82, 2.24) is 0 Å². The Balaban J connectivity index is 2.11. The van der Waals surface area contributed by atoms with Crippen LogP contribution in [0.3, 0.4) is 0 Å². The minimum absolute atomic E-state index is 0.0802. The molecular weight excluding hydrogens is 294 g/mol. The molecule has 5 nitrogen and oxygen atoms in total. The first-order valence-electron chi connectivity index (χ1n) is 7.30. The van der Waals surface area contributed by atoms with E-state index in [1.165, 1.54) is 24.3 Å². The van der Waals surface area contributed by atoms with Crippen LogP contribution in [0.4, 0.5) is 5.69 Å². The van der Waals surface area contributed by atoms with Gasteiger partial charge < -0.3 is 4.74 Å². The van der Waals surface area contributed by atoms with Crippen molar-refractivity contribution < 1.29 is 14.5 Å². The van der Waals surface area contributed by atoms with Gasteiger partial charge in [-0.1, -0.05) is 37.3 Å². The molecule has 0 unspecified atom stereocenters. The normalized spacial score (nSPS) is 10.7. The van der Waals surface area contributed by atoms with Crippen LogP contribution in [0.2, 0.25) is 0 Å². The van der Waals surface area contributed by atoms with E-state index in [-0.39, 0.29) is 11.3 Å². The van der Waals surface area contributed by atoms with Gasteiger partial charge in [0.2, 0.25) is 0 Å². The molecule has 2 aromatic rings. The number of nitrogens with zero attached hydrogens (tertiary/aromatic N) is 1. The number of benzene rings is 2. The molecule has 23 heavy (non-hydrogen) atoms. The maximum Gasteiger partial charge on any atom is 0.280 e. The van der Waals surface area contributed by atoms with E-state index in [1.807, 2.05) is 31.2 Å². The molecule has 0 aliphatic rings. The van der Waals surface area contributed by atoms with E-state index < -0.39 is 10.7 Å². The summed E-state index contributed by atoms with van der Waals surface area (Å²) in [4.78, 5) is 22.5. The van der Waals surface area contributed by atoms with Crippen LogP contribution in [0, 0.1) is 10.1 Å². The molecule has 2 rings (SSSR count). The van der Waals surface area contributed by atoms with Crippen molar-refractivity contribution in [2.75, 3.05) is 6.61 Å². The molecule has 0 fully saturated rings. The Kier molecular flexibility index (Phi) is 5.63. The summed E-state index contributed by atoms with van der Waals surface area (Å²) in [5.41, 5.74) is 0.711. The molecule has 0 spiro atoms. The fraction of sp³-hybridized carbons (Fsp3) is 0.167. The Morgan fingerprint density at radius 3 is 2.52 bits per heavy atom. The minimum atomic E-state index is -0.555. The summed E-state index contributed by atoms with van der Waals surface area (Å²) >= 11 is 0. The van der Waals surface area contributed by atoms with Gasteiger partial charge in [-0.3, -0.25) is 14.9 Å². The predicted octanol–water partition coefficient (Wildman–Crippen LogP) is 4.28. The molecule has 0 atom stereocenters. The van der Waals surface area contributed by atoms with Crippen LogP contribution in [-0.4, -0.2) is 17.3 Å². The third kappa shape index (κ3) is 4.51. The molecule has 0 radical (unpaired) electrons. The van der Waals surface area contributed by atoms with Gasteiger partial charge in [0, 0.05) is 6.07 Å². The Hall–Kier alpha value is -2.95. The average molecular weight is 311 g/mol. The van der Waals surface area contributed by atoms with E-state index >= 15 is 0 Å². The number of ketones is 1. The highest BCUT2D eigenvalue weighted by molar-refractivity contribution is 6.09. The smallest absolute Gasteiger partial charge is 0.280 e. The summed E-state index contributed by atoms with van der Waals surface area (Å²) in [5, 5.41) is 10.9. The zero-order valence-corrected chi connectivity index (χ0v) is 12.8. The van der Waals surface area contributed by atoms with Gasteiger partial charge in [0.1, 0.15) is 5.75 Å². The van der Waals surface area contributed by atoms with Crippen LogP contribution >= 0.6 is 0 Å². The van der Waals surface area contributed by atoms with E-state index in [0.29, 0.717) is 6.61 Å². The van der Waals surface area contributed by atoms with Gasteiger partial charge in [-0.05, 0) is 36.3 Å². The lowest BCUT2D eigenvalue weighted by molar-refractivity contribution is -0.385. The third-order valence-corrected chi connectivity index (χ3v) is 3.15. The molecule has 0 saturated heterocycles. The first-order chi connectivity index (χ1) is 11.1. The van der Waals surface area contributed by atoms with Gasteiger partial charge in [-0.15, -0.1) is 0 Å². The summed E-state index contributed by atoms with van der Waals surface area (Å²) in [6, 6.07) is 13.2. The van der Waals surface area contributed by atoms with Crippen LogP contribution in [0.15, 0.2) is 54.6 Å². The standard InChI is InChI=1S/C18H17NO4/c1-2-13-23-15-10-7-14(8-11-15)9-12-18(20)16-5-3-4-6-17(16)19(21)22/h3-12H,2,13H2,1H3/b12-9+. The molecule has 0 aliphatic heterocycles. The van der Waals surface area contributed by atoms with Gasteiger partial charge in [-0.25, -0.2) is 0 Å². The third-order valence-electron chi connectivity index (χ3n) is 3.15. The van der Waals surface area contributed by atoms with Gasteiger partial charge in [0.15, 0.2) is 5.78 Å². The molecule has 0 amide bonds. The van der Waals surface area contributed by atoms with Crippen molar-refractivity contribution in [3.05, 3.63) is 75.8 Å². The number of hydrogen-bond acceptors (Lipinski definition) is 4. The number of hydrogen-bond donors (Lipinski definition) is 0. The fourth-order valence-corrected chi connectivity index (χ4v) is 2.00. The second-order valence-corrected chi connectivity index (χ2v) is 4.89. The molecule has 5 heteroatoms. The molecule has 0 saturated carbocycles. The molecule has 0 bridgehead atoms. The number of nitro benzene ring substituents is 1. The second kappa shape index (κ2) is 7.89. The monoisotopic (exact) mass is 311 g/mol. The quantitative estimate of drug-likeness (QED) is 0.331. The highest BCUT2D eigenvalue weighted by atomic mass is 16.6. The molecule has 2 aromatic carbocycles. The molecule has 0 heterocycles. The van der Waals surface area contributed by atoms with Crippen LogP contribution in [0.1, 0.15) is 29.3 Å². The summed E-state index contributed by atoms with van der Waals surface area (Å²) in [6.45, 7) is 2.69. The van der Waals surface area contributed by atoms with E-state index in [0.717, 1.165) is 17.7 Å². The van der Waals surface area contributed by atoms with Gasteiger partial charge in [0.25, 0.3) is 5.69 Å². The summed E-state index contributed by atoms with van der Waals surface area (Å²) in [5.74, 6) is 0.373. The van der Waals surface area contributed by atoms with E-state index in [9.17, 15) is 14.9 Å². The van der Waals surface area contributed by atoms with E-state index in [4.69, 9.17) is 4.74 Å². The number of ether oxygens (including phenoxy) is 1. The molecule has 0 aromatic heterocycles. The second-order valence-electron chi connectivity index (χ2n) is 4.89. The molecular formula is C18H17NO4. The SMILES string of the molecule is CCCOc1ccc(/C=C/C(=O)c2ccccc2[N+](=O)[O-])cc1. The van der Waals surface area contributed by atoms with Crippen LogP contribution < -0.4 is 4.74 Å². The highest BCUT2D eigenvalue weighted by Crippen LogP contribution is 2.19. The van der Waals surface area contributed by atoms with Crippen LogP contribution in [0.25, 0.3) is 6.08 Å². The number of allylic oxidation sites excluding steroid dienone is 1. The molecule has 0 N–H and O–H groups in total. The Labute approximate surface area is 134 Å². The Morgan fingerprint density at radius 1 is 1.17 bits per heavy atom. The number of rotatable bonds is 7. The van der Waals surface area contributed by atoms with Crippen molar-refractivity contribution in [2.45, 2.75) is 13.3 Å². The Bertz CT molecular complexity index is 720. The van der Waals surface area contributed by atoms with Crippen molar-refractivity contribution in [3.63, 3.8) is 0 Å². The lowest BCUT2D eigenvalue weighted by atomic mass is 10.1. The predicted molar refractivity (Wildman–Crippen MR) is 88.7 cm³/mol. The number of carbonyl (C=O) groups excluding carboxylic acids is 1.